The Labute approximate surface area is 169 Å². The van der Waals surface area contributed by atoms with E-state index in [9.17, 15) is 4.79 Å². The molecule has 0 fully saturated rings. The molecule has 0 bridgehead atoms. The predicted molar refractivity (Wildman–Crippen MR) is 109 cm³/mol. The van der Waals surface area contributed by atoms with E-state index in [-0.39, 0.29) is 18.0 Å². The number of nitrogens with zero attached hydrogens (tertiary/aromatic N) is 2. The van der Waals surface area contributed by atoms with Crippen molar-refractivity contribution in [3.63, 3.8) is 0 Å². The first-order valence-corrected chi connectivity index (χ1v) is 9.93. The summed E-state index contributed by atoms with van der Waals surface area (Å²) in [6.07, 6.45) is 2.12. The van der Waals surface area contributed by atoms with Crippen molar-refractivity contribution in [2.24, 2.45) is 0 Å². The first kappa shape index (κ1) is 18.8. The molecule has 0 radical (unpaired) electrons. The quantitative estimate of drug-likeness (QED) is 0.690. The van der Waals surface area contributed by atoms with Gasteiger partial charge >= 0.3 is 0 Å². The Morgan fingerprint density at radius 2 is 2.07 bits per heavy atom. The number of carbonyl (C=O) groups excluding carboxylic acids is 1. The highest BCUT2D eigenvalue weighted by atomic mass is 35.5. The summed E-state index contributed by atoms with van der Waals surface area (Å²) < 4.78 is 8.12. The number of halogens is 1. The zero-order valence-corrected chi connectivity index (χ0v) is 16.8. The number of rotatable bonds is 5. The van der Waals surface area contributed by atoms with E-state index >= 15 is 0 Å². The van der Waals surface area contributed by atoms with E-state index in [1.54, 1.807) is 6.07 Å². The highest BCUT2D eigenvalue weighted by Gasteiger charge is 2.29. The Bertz CT molecular complexity index is 976. The zero-order chi connectivity index (χ0) is 19.7. The molecular weight excluding hydrogens is 374 g/mol. The van der Waals surface area contributed by atoms with Crippen LogP contribution in [0.25, 0.3) is 0 Å². The largest absolute Gasteiger partial charge is 0.455 e. The molecule has 1 aliphatic heterocycles. The molecule has 4 rings (SSSR count). The van der Waals surface area contributed by atoms with Crippen molar-refractivity contribution in [1.29, 1.82) is 0 Å². The molecule has 0 unspecified atom stereocenters. The van der Waals surface area contributed by atoms with Crippen LogP contribution in [0.1, 0.15) is 47.5 Å². The van der Waals surface area contributed by atoms with Gasteiger partial charge in [-0.15, -0.1) is 0 Å². The molecule has 1 aromatic carbocycles. The number of carbonyl (C=O) groups is 1. The van der Waals surface area contributed by atoms with E-state index in [1.807, 2.05) is 38.1 Å². The van der Waals surface area contributed by atoms with Gasteiger partial charge in [-0.2, -0.15) is 0 Å². The lowest BCUT2D eigenvalue weighted by Crippen LogP contribution is -2.37. The third-order valence-electron chi connectivity index (χ3n) is 4.97. The van der Waals surface area contributed by atoms with Crippen LogP contribution in [0.4, 0.5) is 0 Å². The second-order valence-corrected chi connectivity index (χ2v) is 7.89. The fourth-order valence-corrected chi connectivity index (χ4v) is 3.98. The van der Waals surface area contributed by atoms with Crippen molar-refractivity contribution in [2.45, 2.75) is 39.0 Å². The highest BCUT2D eigenvalue weighted by Crippen LogP contribution is 2.34. The minimum Gasteiger partial charge on any atom is -0.455 e. The Balaban J connectivity index is 1.60. The molecule has 0 saturated carbocycles. The van der Waals surface area contributed by atoms with Gasteiger partial charge in [-0.1, -0.05) is 23.7 Å². The number of hydrogen-bond donors (Lipinski definition) is 1. The van der Waals surface area contributed by atoms with Gasteiger partial charge in [0, 0.05) is 36.0 Å². The molecule has 146 valence electrons. The molecule has 1 atom stereocenters. The van der Waals surface area contributed by atoms with Gasteiger partial charge < -0.3 is 14.3 Å². The fourth-order valence-electron chi connectivity index (χ4n) is 3.78. The molecule has 1 aliphatic rings. The molecule has 5 nitrogen and oxygen atoms in total. The van der Waals surface area contributed by atoms with Crippen molar-refractivity contribution in [3.05, 3.63) is 82.5 Å². The number of furan rings is 1. The Morgan fingerprint density at radius 3 is 2.86 bits per heavy atom. The summed E-state index contributed by atoms with van der Waals surface area (Å²) in [5, 5.41) is 3.59. The summed E-state index contributed by atoms with van der Waals surface area (Å²) in [7, 11) is 0. The van der Waals surface area contributed by atoms with Gasteiger partial charge in [0.05, 0.1) is 12.6 Å². The predicted octanol–water partition coefficient (Wildman–Crippen LogP) is 4.48. The van der Waals surface area contributed by atoms with Crippen LogP contribution in [0.3, 0.4) is 0 Å². The summed E-state index contributed by atoms with van der Waals surface area (Å²) in [6, 6.07) is 16.0. The molecule has 1 amide bonds. The van der Waals surface area contributed by atoms with Crippen LogP contribution in [0.2, 0.25) is 5.02 Å². The normalized spacial score (nSPS) is 16.9. The van der Waals surface area contributed by atoms with Crippen molar-refractivity contribution in [3.8, 4) is 0 Å². The number of fused-ring (bicyclic) bond motifs is 1. The van der Waals surface area contributed by atoms with E-state index in [0.29, 0.717) is 12.3 Å². The number of nitrogens with one attached hydrogen (secondary N) is 1. The molecule has 1 N–H and O–H groups in total. The van der Waals surface area contributed by atoms with Crippen molar-refractivity contribution < 1.29 is 9.21 Å². The van der Waals surface area contributed by atoms with Crippen LogP contribution < -0.4 is 5.32 Å². The van der Waals surface area contributed by atoms with Gasteiger partial charge in [0.15, 0.2) is 5.76 Å². The third-order valence-corrected chi connectivity index (χ3v) is 5.20. The second kappa shape index (κ2) is 7.86. The molecule has 28 heavy (non-hydrogen) atoms. The van der Waals surface area contributed by atoms with Crippen LogP contribution >= 0.6 is 11.6 Å². The van der Waals surface area contributed by atoms with Gasteiger partial charge in [-0.25, -0.2) is 0 Å². The molecule has 6 heteroatoms. The average molecular weight is 398 g/mol. The van der Waals surface area contributed by atoms with E-state index in [0.717, 1.165) is 29.4 Å². The summed E-state index contributed by atoms with van der Waals surface area (Å²) in [5.74, 6) is 0.949. The minimum atomic E-state index is -0.180. The van der Waals surface area contributed by atoms with E-state index in [2.05, 4.69) is 39.2 Å². The topological polar surface area (TPSA) is 50.4 Å². The number of benzene rings is 1. The van der Waals surface area contributed by atoms with E-state index < -0.39 is 0 Å². The van der Waals surface area contributed by atoms with Crippen molar-refractivity contribution in [2.75, 3.05) is 6.54 Å². The fraction of sp³-hybridized carbons (Fsp3) is 0.318. The van der Waals surface area contributed by atoms with Crippen LogP contribution in [-0.2, 0) is 13.1 Å². The standard InChI is InChI=1S/C22H24ClN3O2/c1-15(2)24-22(27)20-9-8-18(28-20)14-26-12-11-25-10-4-7-19(25)21(26)16-5-3-6-17(23)13-16/h3-10,13,15,21H,11-12,14H2,1-2H3,(H,24,27)/t21-/m1/s1. The first-order valence-electron chi connectivity index (χ1n) is 9.55. The molecule has 0 spiro atoms. The number of amides is 1. The van der Waals surface area contributed by atoms with Crippen molar-refractivity contribution >= 4 is 17.5 Å². The molecule has 3 aromatic rings. The SMILES string of the molecule is CC(C)NC(=O)c1ccc(CN2CCn3cccc3[C@H]2c2cccc(Cl)c2)o1. The van der Waals surface area contributed by atoms with Crippen LogP contribution in [0.15, 0.2) is 59.1 Å². The van der Waals surface area contributed by atoms with Crippen LogP contribution in [-0.4, -0.2) is 28.0 Å². The van der Waals surface area contributed by atoms with Crippen molar-refractivity contribution in [1.82, 2.24) is 14.8 Å². The van der Waals surface area contributed by atoms with Crippen LogP contribution in [0.5, 0.6) is 0 Å². The maximum absolute atomic E-state index is 12.2. The summed E-state index contributed by atoms with van der Waals surface area (Å²) >= 11 is 6.26. The maximum Gasteiger partial charge on any atom is 0.287 e. The van der Waals surface area contributed by atoms with E-state index in [4.69, 9.17) is 16.0 Å². The minimum absolute atomic E-state index is 0.0724. The molecule has 3 heterocycles. The zero-order valence-electron chi connectivity index (χ0n) is 16.1. The van der Waals surface area contributed by atoms with Gasteiger partial charge in [-0.3, -0.25) is 9.69 Å². The van der Waals surface area contributed by atoms with Gasteiger partial charge in [0.25, 0.3) is 5.91 Å². The number of aromatic nitrogens is 1. The lowest BCUT2D eigenvalue weighted by atomic mass is 10.00. The van der Waals surface area contributed by atoms with E-state index in [1.165, 1.54) is 5.69 Å². The lowest BCUT2D eigenvalue weighted by molar-refractivity contribution is 0.0908. The Hall–Kier alpha value is -2.50. The summed E-state index contributed by atoms with van der Waals surface area (Å²) in [4.78, 5) is 14.5. The van der Waals surface area contributed by atoms with Crippen LogP contribution in [0, 0.1) is 0 Å². The maximum atomic E-state index is 12.2. The third kappa shape index (κ3) is 3.86. The Morgan fingerprint density at radius 1 is 1.21 bits per heavy atom. The lowest BCUT2D eigenvalue weighted by Gasteiger charge is -2.37. The first-order chi connectivity index (χ1) is 13.5. The molecular formula is C22H24ClN3O2. The number of hydrogen-bond acceptors (Lipinski definition) is 3. The highest BCUT2D eigenvalue weighted by molar-refractivity contribution is 6.30. The molecule has 2 aromatic heterocycles. The smallest absolute Gasteiger partial charge is 0.287 e. The molecule has 0 aliphatic carbocycles. The van der Waals surface area contributed by atoms with Gasteiger partial charge in [0.2, 0.25) is 0 Å². The van der Waals surface area contributed by atoms with Gasteiger partial charge in [0.1, 0.15) is 5.76 Å². The summed E-state index contributed by atoms with van der Waals surface area (Å²) in [5.41, 5.74) is 2.38. The summed E-state index contributed by atoms with van der Waals surface area (Å²) in [6.45, 7) is 6.28. The molecule has 0 saturated heterocycles. The second-order valence-electron chi connectivity index (χ2n) is 7.45. The van der Waals surface area contributed by atoms with Gasteiger partial charge in [-0.05, 0) is 55.8 Å². The average Bonchev–Trinajstić information content (AvgIpc) is 3.30. The Kier molecular flexibility index (Phi) is 5.29. The monoisotopic (exact) mass is 397 g/mol.